The summed E-state index contributed by atoms with van der Waals surface area (Å²) < 4.78 is 13.6. The summed E-state index contributed by atoms with van der Waals surface area (Å²) in [5, 5.41) is 8.90. The quantitative estimate of drug-likeness (QED) is 0.152. The molecular formula is C65H46N2O2. The van der Waals surface area contributed by atoms with Gasteiger partial charge < -0.3 is 18.6 Å². The molecular weight excluding hydrogens is 841 g/mol. The van der Waals surface area contributed by atoms with Gasteiger partial charge >= 0.3 is 0 Å². The number of furan rings is 2. The van der Waals surface area contributed by atoms with Gasteiger partial charge in [-0.15, -0.1) is 0 Å². The van der Waals surface area contributed by atoms with Crippen LogP contribution >= 0.6 is 0 Å². The van der Waals surface area contributed by atoms with E-state index in [1.165, 1.54) is 33.4 Å². The van der Waals surface area contributed by atoms with Gasteiger partial charge in [-0.3, -0.25) is 0 Å². The number of anilines is 6. The zero-order chi connectivity index (χ0) is 46.2. The molecule has 13 aromatic rings. The molecule has 13 rings (SSSR count). The average Bonchev–Trinajstić information content (AvgIpc) is 3.94. The Bertz CT molecular complexity index is 3830. The van der Waals surface area contributed by atoms with E-state index in [2.05, 4.69) is 255 Å². The van der Waals surface area contributed by atoms with Gasteiger partial charge in [0.15, 0.2) is 0 Å². The normalized spacial score (nSPS) is 11.7. The summed E-state index contributed by atoms with van der Waals surface area (Å²) in [5.41, 5.74) is 18.3. The first-order valence-electron chi connectivity index (χ1n) is 23.6. The van der Waals surface area contributed by atoms with Crippen molar-refractivity contribution in [1.82, 2.24) is 0 Å². The second-order valence-electron chi connectivity index (χ2n) is 18.3. The molecule has 0 aliphatic carbocycles. The minimum absolute atomic E-state index is 0.853. The van der Waals surface area contributed by atoms with Crippen LogP contribution in [0, 0.1) is 20.8 Å². The summed E-state index contributed by atoms with van der Waals surface area (Å²) in [6.45, 7) is 6.47. The number of hydrogen-bond donors (Lipinski definition) is 0. The molecule has 0 aliphatic heterocycles. The Morgan fingerprint density at radius 2 is 0.667 bits per heavy atom. The fourth-order valence-corrected chi connectivity index (χ4v) is 10.4. The number of nitrogens with zero attached hydrogens (tertiary/aromatic N) is 2. The van der Waals surface area contributed by atoms with Gasteiger partial charge in [-0.05, 0) is 167 Å². The second kappa shape index (κ2) is 16.2. The first-order chi connectivity index (χ1) is 33.9. The van der Waals surface area contributed by atoms with Gasteiger partial charge in [-0.1, -0.05) is 133 Å². The molecule has 4 heteroatoms. The largest absolute Gasteiger partial charge is 0.456 e. The number of rotatable bonds is 8. The van der Waals surface area contributed by atoms with Crippen LogP contribution < -0.4 is 9.80 Å². The van der Waals surface area contributed by atoms with Gasteiger partial charge in [0.1, 0.15) is 22.3 Å². The lowest BCUT2D eigenvalue weighted by atomic mass is 10.0. The topological polar surface area (TPSA) is 32.8 Å². The molecule has 328 valence electrons. The van der Waals surface area contributed by atoms with E-state index in [1.54, 1.807) is 0 Å². The highest BCUT2D eigenvalue weighted by molar-refractivity contribution is 6.20. The van der Waals surface area contributed by atoms with Crippen LogP contribution in [0.1, 0.15) is 16.7 Å². The molecule has 0 unspecified atom stereocenters. The molecule has 0 N–H and O–H groups in total. The van der Waals surface area contributed by atoms with E-state index >= 15 is 0 Å². The average molecular weight is 887 g/mol. The second-order valence-corrected chi connectivity index (χ2v) is 18.3. The van der Waals surface area contributed by atoms with Crippen LogP contribution in [0.5, 0.6) is 0 Å². The standard InChI is InChI=1S/C65H46N2O2/c1-41-14-10-12-20-60(41)66(52-28-22-46(23-29-52)44-16-6-4-7-17-44)54-32-26-48-36-56-58-40-59-57-37-49-27-33-55(35-51(49)39-63(57)69-65(59)43(3)64(58)68-62(56)38-50(48)34-54)67(61-21-13-11-15-42(61)2)53-30-24-47(25-31-53)45-18-8-5-9-19-45/h4-40H,1-3H3. The van der Waals surface area contributed by atoms with Crippen LogP contribution in [0.4, 0.5) is 34.1 Å². The minimum atomic E-state index is 0.853. The van der Waals surface area contributed by atoms with Crippen molar-refractivity contribution < 1.29 is 8.83 Å². The van der Waals surface area contributed by atoms with E-state index in [-0.39, 0.29) is 0 Å². The maximum Gasteiger partial charge on any atom is 0.142 e. The van der Waals surface area contributed by atoms with Crippen molar-refractivity contribution in [2.75, 3.05) is 9.80 Å². The van der Waals surface area contributed by atoms with Crippen molar-refractivity contribution >= 4 is 99.5 Å². The Kier molecular flexibility index (Phi) is 9.48. The molecule has 0 aliphatic rings. The van der Waals surface area contributed by atoms with Gasteiger partial charge in [0.2, 0.25) is 0 Å². The number of benzene rings is 11. The summed E-state index contributed by atoms with van der Waals surface area (Å²) in [6, 6.07) is 80.7. The van der Waals surface area contributed by atoms with Gasteiger partial charge in [0, 0.05) is 61.2 Å². The summed E-state index contributed by atoms with van der Waals surface area (Å²) in [6.07, 6.45) is 0. The molecule has 0 radical (unpaired) electrons. The van der Waals surface area contributed by atoms with E-state index in [1.807, 2.05) is 0 Å². The molecule has 2 heterocycles. The predicted octanol–water partition coefficient (Wildman–Crippen LogP) is 19.0. The lowest BCUT2D eigenvalue weighted by Crippen LogP contribution is -2.11. The van der Waals surface area contributed by atoms with Crippen molar-refractivity contribution in [3.05, 3.63) is 241 Å². The van der Waals surface area contributed by atoms with Crippen LogP contribution in [0.25, 0.3) is 87.7 Å². The lowest BCUT2D eigenvalue weighted by Gasteiger charge is -2.27. The zero-order valence-electron chi connectivity index (χ0n) is 38.6. The third-order valence-electron chi connectivity index (χ3n) is 14.0. The fourth-order valence-electron chi connectivity index (χ4n) is 10.4. The van der Waals surface area contributed by atoms with Crippen LogP contribution in [0.2, 0.25) is 0 Å². The van der Waals surface area contributed by atoms with Crippen molar-refractivity contribution in [3.8, 4) is 22.3 Å². The molecule has 2 aromatic heterocycles. The summed E-state index contributed by atoms with van der Waals surface area (Å²) >= 11 is 0. The Morgan fingerprint density at radius 1 is 0.290 bits per heavy atom. The van der Waals surface area contributed by atoms with Crippen LogP contribution in [-0.2, 0) is 0 Å². The molecule has 4 nitrogen and oxygen atoms in total. The molecule has 0 spiro atoms. The van der Waals surface area contributed by atoms with Gasteiger partial charge in [0.05, 0.1) is 0 Å². The van der Waals surface area contributed by atoms with Crippen molar-refractivity contribution in [2.45, 2.75) is 20.8 Å². The molecule has 0 amide bonds. The maximum absolute atomic E-state index is 6.81. The number of para-hydroxylation sites is 2. The Hall–Kier alpha value is -8.86. The van der Waals surface area contributed by atoms with Gasteiger partial charge in [-0.2, -0.15) is 0 Å². The molecule has 11 aromatic carbocycles. The highest BCUT2D eigenvalue weighted by Crippen LogP contribution is 2.45. The third kappa shape index (κ3) is 6.91. The highest BCUT2D eigenvalue weighted by Gasteiger charge is 2.21. The van der Waals surface area contributed by atoms with Crippen molar-refractivity contribution in [2.24, 2.45) is 0 Å². The van der Waals surface area contributed by atoms with Gasteiger partial charge in [0.25, 0.3) is 0 Å². The first kappa shape index (κ1) is 40.4. The minimum Gasteiger partial charge on any atom is -0.456 e. The van der Waals surface area contributed by atoms with Crippen LogP contribution in [-0.4, -0.2) is 0 Å². The summed E-state index contributed by atoms with van der Waals surface area (Å²) in [5.74, 6) is 0. The smallest absolute Gasteiger partial charge is 0.142 e. The SMILES string of the molecule is Cc1ccccc1N(c1ccc(-c2ccccc2)cc1)c1ccc2cc3c(cc2c1)oc1c(C)c2oc4cc5cc(N(c6ccc(-c7ccccc7)cc6)c6ccccc6C)ccc5cc4c2cc13. The number of hydrogen-bond acceptors (Lipinski definition) is 4. The first-order valence-corrected chi connectivity index (χ1v) is 23.6. The Balaban J connectivity index is 0.886. The molecule has 0 fully saturated rings. The fraction of sp³-hybridized carbons (Fsp3) is 0.0462. The zero-order valence-corrected chi connectivity index (χ0v) is 38.6. The molecule has 0 saturated carbocycles. The predicted molar refractivity (Wildman–Crippen MR) is 290 cm³/mol. The molecule has 0 bridgehead atoms. The Labute approximate surface area is 400 Å². The van der Waals surface area contributed by atoms with E-state index in [9.17, 15) is 0 Å². The maximum atomic E-state index is 6.81. The van der Waals surface area contributed by atoms with E-state index < -0.39 is 0 Å². The van der Waals surface area contributed by atoms with Crippen molar-refractivity contribution in [3.63, 3.8) is 0 Å². The summed E-state index contributed by atoms with van der Waals surface area (Å²) in [7, 11) is 0. The van der Waals surface area contributed by atoms with E-state index in [0.717, 1.165) is 105 Å². The monoisotopic (exact) mass is 886 g/mol. The summed E-state index contributed by atoms with van der Waals surface area (Å²) in [4.78, 5) is 4.71. The van der Waals surface area contributed by atoms with E-state index in [0.29, 0.717) is 0 Å². The van der Waals surface area contributed by atoms with Crippen molar-refractivity contribution in [1.29, 1.82) is 0 Å². The van der Waals surface area contributed by atoms with Crippen LogP contribution in [0.15, 0.2) is 233 Å². The number of fused-ring (bicyclic) bond motifs is 8. The Morgan fingerprint density at radius 3 is 1.09 bits per heavy atom. The van der Waals surface area contributed by atoms with Crippen LogP contribution in [0.3, 0.4) is 0 Å². The molecule has 0 saturated heterocycles. The molecule has 69 heavy (non-hydrogen) atoms. The molecule has 0 atom stereocenters. The highest BCUT2D eigenvalue weighted by atomic mass is 16.3. The van der Waals surface area contributed by atoms with E-state index in [4.69, 9.17) is 8.83 Å². The number of aryl methyl sites for hydroxylation is 3. The lowest BCUT2D eigenvalue weighted by molar-refractivity contribution is 0.651. The van der Waals surface area contributed by atoms with Gasteiger partial charge in [-0.25, -0.2) is 0 Å². The third-order valence-corrected chi connectivity index (χ3v) is 14.0.